The van der Waals surface area contributed by atoms with Crippen molar-refractivity contribution in [3.63, 3.8) is 0 Å². The van der Waals surface area contributed by atoms with Gasteiger partial charge in [0, 0.05) is 12.8 Å². The van der Waals surface area contributed by atoms with E-state index in [9.17, 15) is 19.8 Å². The van der Waals surface area contributed by atoms with Crippen LogP contribution in [0, 0.1) is 0 Å². The number of allylic oxidation sites excluding steroid dienone is 3. The highest BCUT2D eigenvalue weighted by Gasteiger charge is 2.18. The van der Waals surface area contributed by atoms with Crippen molar-refractivity contribution in [2.75, 3.05) is 13.2 Å². The summed E-state index contributed by atoms with van der Waals surface area (Å²) in [5, 5.41) is 23.1. The monoisotopic (exact) mass is 874 g/mol. The van der Waals surface area contributed by atoms with Gasteiger partial charge in [-0.15, -0.1) is 0 Å². The fourth-order valence-electron chi connectivity index (χ4n) is 8.45. The van der Waals surface area contributed by atoms with E-state index in [2.05, 4.69) is 31.3 Å². The Hall–Kier alpha value is -1.66. The van der Waals surface area contributed by atoms with E-state index in [0.29, 0.717) is 19.4 Å². The fraction of sp³-hybridized carbons (Fsp3) is 0.893. The number of aliphatic hydroxyl groups excluding tert-OH is 2. The van der Waals surface area contributed by atoms with Crippen LogP contribution in [0.5, 0.6) is 0 Å². The molecule has 62 heavy (non-hydrogen) atoms. The molecule has 0 rings (SSSR count). The van der Waals surface area contributed by atoms with Gasteiger partial charge in [0.1, 0.15) is 0 Å². The van der Waals surface area contributed by atoms with Gasteiger partial charge in [0.15, 0.2) is 0 Å². The predicted octanol–water partition coefficient (Wildman–Crippen LogP) is 16.7. The van der Waals surface area contributed by atoms with Crippen LogP contribution in [-0.4, -0.2) is 47.4 Å². The highest BCUT2D eigenvalue weighted by molar-refractivity contribution is 5.76. The number of unbranched alkanes of at least 4 members (excludes halogenated alkanes) is 38. The Labute approximate surface area is 386 Å². The molecule has 2 atom stereocenters. The Kier molecular flexibility index (Phi) is 50.6. The van der Waals surface area contributed by atoms with Crippen LogP contribution in [-0.2, 0) is 14.3 Å². The molecule has 366 valence electrons. The molecule has 0 aromatic heterocycles. The molecule has 0 aliphatic rings. The number of carbonyl (C=O) groups is 2. The molecule has 2 unspecified atom stereocenters. The summed E-state index contributed by atoms with van der Waals surface area (Å²) in [5.74, 6) is -0.0817. The van der Waals surface area contributed by atoms with Crippen LogP contribution in [0.25, 0.3) is 0 Å². The average molecular weight is 874 g/mol. The molecule has 0 radical (unpaired) electrons. The van der Waals surface area contributed by atoms with Crippen molar-refractivity contribution in [3.05, 3.63) is 24.3 Å². The van der Waals surface area contributed by atoms with Gasteiger partial charge in [-0.2, -0.15) is 0 Å². The summed E-state index contributed by atoms with van der Waals surface area (Å²) in [6, 6.07) is -0.636. The van der Waals surface area contributed by atoms with Gasteiger partial charge in [-0.25, -0.2) is 0 Å². The molecule has 3 N–H and O–H groups in total. The number of rotatable bonds is 51. The second-order valence-electron chi connectivity index (χ2n) is 18.9. The van der Waals surface area contributed by atoms with Gasteiger partial charge in [-0.05, 0) is 57.8 Å². The van der Waals surface area contributed by atoms with Crippen LogP contribution >= 0.6 is 0 Å². The van der Waals surface area contributed by atoms with E-state index in [1.165, 1.54) is 212 Å². The molecule has 0 fully saturated rings. The number of hydrogen-bond donors (Lipinski definition) is 3. The summed E-state index contributed by atoms with van der Waals surface area (Å²) in [6.45, 7) is 4.89. The molecule has 0 aromatic carbocycles. The van der Waals surface area contributed by atoms with Crippen molar-refractivity contribution >= 4 is 11.9 Å². The Balaban J connectivity index is 3.50. The molecule has 1 amide bonds. The lowest BCUT2D eigenvalue weighted by Gasteiger charge is -2.20. The molecule has 0 spiro atoms. The Morgan fingerprint density at radius 2 is 0.758 bits per heavy atom. The quantitative estimate of drug-likeness (QED) is 0.0321. The highest BCUT2D eigenvalue weighted by Crippen LogP contribution is 2.16. The Bertz CT molecular complexity index is 966. The number of amides is 1. The minimum absolute atomic E-state index is 0.00308. The predicted molar refractivity (Wildman–Crippen MR) is 269 cm³/mol. The van der Waals surface area contributed by atoms with Crippen molar-refractivity contribution in [2.45, 2.75) is 309 Å². The highest BCUT2D eigenvalue weighted by atomic mass is 16.5. The van der Waals surface area contributed by atoms with E-state index in [-0.39, 0.29) is 18.5 Å². The molecule has 0 aliphatic carbocycles. The second kappa shape index (κ2) is 52.0. The lowest BCUT2D eigenvalue weighted by atomic mass is 10.0. The summed E-state index contributed by atoms with van der Waals surface area (Å²) in [7, 11) is 0. The molecule has 0 aromatic rings. The van der Waals surface area contributed by atoms with Crippen molar-refractivity contribution in [3.8, 4) is 0 Å². The third-order valence-corrected chi connectivity index (χ3v) is 12.7. The van der Waals surface area contributed by atoms with E-state index < -0.39 is 12.1 Å². The lowest BCUT2D eigenvalue weighted by Crippen LogP contribution is -2.45. The van der Waals surface area contributed by atoms with Crippen LogP contribution in [0.3, 0.4) is 0 Å². The third-order valence-electron chi connectivity index (χ3n) is 12.7. The van der Waals surface area contributed by atoms with Crippen molar-refractivity contribution in [1.82, 2.24) is 5.32 Å². The smallest absolute Gasteiger partial charge is 0.305 e. The normalized spacial score (nSPS) is 12.8. The zero-order valence-corrected chi connectivity index (χ0v) is 41.6. The van der Waals surface area contributed by atoms with Gasteiger partial charge in [-0.3, -0.25) is 9.59 Å². The van der Waals surface area contributed by atoms with E-state index in [1.54, 1.807) is 6.08 Å². The molecule has 0 heterocycles. The average Bonchev–Trinajstić information content (AvgIpc) is 3.27. The van der Waals surface area contributed by atoms with E-state index in [0.717, 1.165) is 57.8 Å². The van der Waals surface area contributed by atoms with E-state index >= 15 is 0 Å². The summed E-state index contributed by atoms with van der Waals surface area (Å²) in [4.78, 5) is 24.4. The first-order chi connectivity index (χ1) is 30.5. The van der Waals surface area contributed by atoms with Gasteiger partial charge in [0.25, 0.3) is 0 Å². The first-order valence-corrected chi connectivity index (χ1v) is 27.6. The largest absolute Gasteiger partial charge is 0.466 e. The minimum atomic E-state index is -0.852. The summed E-state index contributed by atoms with van der Waals surface area (Å²) in [6.07, 6.45) is 61.9. The van der Waals surface area contributed by atoms with Crippen molar-refractivity contribution in [1.29, 1.82) is 0 Å². The van der Waals surface area contributed by atoms with Crippen LogP contribution < -0.4 is 5.32 Å². The standard InChI is InChI=1S/C56H107NO5/c1-3-5-7-9-11-13-15-16-17-19-22-25-29-32-36-40-44-48-54(59)53(52-58)57-55(60)49-45-41-37-33-30-26-23-20-18-21-24-27-31-35-39-43-47-51-62-56(61)50-46-42-38-34-28-14-12-10-8-6-4-2/h18,21,44,48,53-54,58-59H,3-17,19-20,22-43,45-47,49-52H2,1-2H3,(H,57,60)/b21-18-,48-44+. The number of ether oxygens (including phenoxy) is 1. The van der Waals surface area contributed by atoms with Crippen LogP contribution in [0.2, 0.25) is 0 Å². The minimum Gasteiger partial charge on any atom is -0.466 e. The van der Waals surface area contributed by atoms with Gasteiger partial charge >= 0.3 is 5.97 Å². The summed E-state index contributed by atoms with van der Waals surface area (Å²) in [5.41, 5.74) is 0. The van der Waals surface area contributed by atoms with Crippen LogP contribution in [0.4, 0.5) is 0 Å². The van der Waals surface area contributed by atoms with Crippen molar-refractivity contribution in [2.24, 2.45) is 0 Å². The zero-order valence-electron chi connectivity index (χ0n) is 41.6. The number of nitrogens with one attached hydrogen (secondary N) is 1. The zero-order chi connectivity index (χ0) is 45.1. The van der Waals surface area contributed by atoms with Crippen LogP contribution in [0.15, 0.2) is 24.3 Å². The lowest BCUT2D eigenvalue weighted by molar-refractivity contribution is -0.143. The molecule has 0 saturated heterocycles. The molecule has 0 saturated carbocycles. The number of carbonyl (C=O) groups excluding carboxylic acids is 2. The maximum Gasteiger partial charge on any atom is 0.305 e. The SMILES string of the molecule is CCCCCCCCCCCCCCCCC/C=C/C(O)C(CO)NC(=O)CCCCCCCCC/C=C\CCCCCCCCOC(=O)CCCCCCCCCCCCC. The number of esters is 1. The number of hydrogen-bond acceptors (Lipinski definition) is 5. The van der Waals surface area contributed by atoms with Crippen LogP contribution in [0.1, 0.15) is 296 Å². The Morgan fingerprint density at radius 1 is 0.435 bits per heavy atom. The number of aliphatic hydroxyl groups is 2. The molecule has 0 bridgehead atoms. The van der Waals surface area contributed by atoms with Gasteiger partial charge < -0.3 is 20.3 Å². The first kappa shape index (κ1) is 60.3. The topological polar surface area (TPSA) is 95.9 Å². The Morgan fingerprint density at radius 3 is 1.15 bits per heavy atom. The maximum atomic E-state index is 12.4. The summed E-state index contributed by atoms with van der Waals surface area (Å²) < 4.78 is 5.45. The van der Waals surface area contributed by atoms with E-state index in [1.807, 2.05) is 6.08 Å². The fourth-order valence-corrected chi connectivity index (χ4v) is 8.45. The van der Waals surface area contributed by atoms with E-state index in [4.69, 9.17) is 4.74 Å². The van der Waals surface area contributed by atoms with Gasteiger partial charge in [0.05, 0.1) is 25.4 Å². The van der Waals surface area contributed by atoms with Gasteiger partial charge in [0.2, 0.25) is 5.91 Å². The molecule has 0 aliphatic heterocycles. The third kappa shape index (κ3) is 47.8. The molecular weight excluding hydrogens is 767 g/mol. The molecular formula is C56H107NO5. The maximum absolute atomic E-state index is 12.4. The molecule has 6 heteroatoms. The van der Waals surface area contributed by atoms with Crippen molar-refractivity contribution < 1.29 is 24.5 Å². The van der Waals surface area contributed by atoms with Gasteiger partial charge in [-0.1, -0.05) is 250 Å². The second-order valence-corrected chi connectivity index (χ2v) is 18.9. The first-order valence-electron chi connectivity index (χ1n) is 27.6. The summed E-state index contributed by atoms with van der Waals surface area (Å²) >= 11 is 0. The molecule has 6 nitrogen and oxygen atoms in total.